The fourth-order valence-corrected chi connectivity index (χ4v) is 2.24. The molecule has 0 bridgehead atoms. The number of nitrogens with zero attached hydrogens (tertiary/aromatic N) is 1. The molecule has 0 unspecified atom stereocenters. The molecule has 1 rings (SSSR count). The Hall–Kier alpha value is -0.880. The van der Waals surface area contributed by atoms with Gasteiger partial charge in [-0.1, -0.05) is 19.8 Å². The maximum absolute atomic E-state index is 11.6. The van der Waals surface area contributed by atoms with E-state index in [1.165, 1.54) is 6.20 Å². The van der Waals surface area contributed by atoms with Crippen molar-refractivity contribution in [2.75, 3.05) is 6.54 Å². The van der Waals surface area contributed by atoms with E-state index in [1.807, 2.05) is 0 Å². The molecular weight excluding hydrogens is 214 g/mol. The van der Waals surface area contributed by atoms with Gasteiger partial charge in [0.1, 0.15) is 5.82 Å². The van der Waals surface area contributed by atoms with Crippen LogP contribution in [0.5, 0.6) is 0 Å². The van der Waals surface area contributed by atoms with Crippen LogP contribution >= 0.6 is 0 Å². The maximum Gasteiger partial charge on any atom is 0.257 e. The van der Waals surface area contributed by atoms with Crippen molar-refractivity contribution >= 4 is 10.0 Å². The molecule has 1 aromatic heterocycles. The molecule has 86 valence electrons. The Labute approximate surface area is 90.4 Å². The van der Waals surface area contributed by atoms with Crippen molar-refractivity contribution in [3.8, 4) is 0 Å². The van der Waals surface area contributed by atoms with E-state index in [0.29, 0.717) is 12.4 Å². The largest absolute Gasteiger partial charge is 0.332 e. The number of unbranched alkanes of at least 4 members (excludes halogenated alkanes) is 2. The van der Waals surface area contributed by atoms with Crippen LogP contribution in [0.25, 0.3) is 0 Å². The Morgan fingerprint density at radius 3 is 2.73 bits per heavy atom. The second-order valence-electron chi connectivity index (χ2n) is 3.44. The molecular formula is C9H17N3O2S. The number of aromatic nitrogens is 2. The molecule has 0 radical (unpaired) electrons. The van der Waals surface area contributed by atoms with Gasteiger partial charge in [0.25, 0.3) is 10.0 Å². The number of hydrogen-bond acceptors (Lipinski definition) is 3. The standard InChI is InChI=1S/C9H17N3O2S/c1-3-4-5-6-11-15(13,14)9-7-10-8(2)12-9/h7,11H,3-6H2,1-2H3,(H,10,12). The summed E-state index contributed by atoms with van der Waals surface area (Å²) >= 11 is 0. The molecule has 0 aliphatic carbocycles. The fraction of sp³-hybridized carbons (Fsp3) is 0.667. The van der Waals surface area contributed by atoms with Crippen LogP contribution in [0.1, 0.15) is 32.0 Å². The quantitative estimate of drug-likeness (QED) is 0.722. The molecule has 1 heterocycles. The summed E-state index contributed by atoms with van der Waals surface area (Å²) < 4.78 is 25.8. The van der Waals surface area contributed by atoms with Crippen molar-refractivity contribution in [3.05, 3.63) is 12.0 Å². The molecule has 0 atom stereocenters. The molecule has 1 aromatic rings. The number of H-pyrrole nitrogens is 1. The molecule has 0 saturated heterocycles. The average molecular weight is 231 g/mol. The molecule has 0 amide bonds. The van der Waals surface area contributed by atoms with Gasteiger partial charge in [-0.2, -0.15) is 0 Å². The topological polar surface area (TPSA) is 74.8 Å². The minimum atomic E-state index is -3.39. The molecule has 0 aromatic carbocycles. The van der Waals surface area contributed by atoms with Gasteiger partial charge in [-0.25, -0.2) is 18.1 Å². The van der Waals surface area contributed by atoms with Crippen LogP contribution in [0, 0.1) is 6.92 Å². The first-order chi connectivity index (χ1) is 7.06. The second kappa shape index (κ2) is 5.27. The predicted molar refractivity (Wildman–Crippen MR) is 58.0 cm³/mol. The van der Waals surface area contributed by atoms with Crippen LogP contribution in [-0.2, 0) is 10.0 Å². The summed E-state index contributed by atoms with van der Waals surface area (Å²) in [6.07, 6.45) is 4.30. The Morgan fingerprint density at radius 2 is 2.20 bits per heavy atom. The van der Waals surface area contributed by atoms with Gasteiger partial charge >= 0.3 is 0 Å². The van der Waals surface area contributed by atoms with Crippen molar-refractivity contribution in [2.45, 2.75) is 38.1 Å². The first kappa shape index (κ1) is 12.2. The molecule has 0 saturated carbocycles. The van der Waals surface area contributed by atoms with E-state index < -0.39 is 10.0 Å². The van der Waals surface area contributed by atoms with Crippen molar-refractivity contribution in [2.24, 2.45) is 0 Å². The van der Waals surface area contributed by atoms with E-state index in [-0.39, 0.29) is 5.03 Å². The smallest absolute Gasteiger partial charge is 0.257 e. The normalized spacial score (nSPS) is 11.9. The van der Waals surface area contributed by atoms with Crippen molar-refractivity contribution in [1.29, 1.82) is 0 Å². The Bertz CT molecular complexity index is 397. The summed E-state index contributed by atoms with van der Waals surface area (Å²) in [5, 5.41) is 0.136. The van der Waals surface area contributed by atoms with Gasteiger partial charge in [0, 0.05) is 6.54 Å². The van der Waals surface area contributed by atoms with E-state index in [9.17, 15) is 8.42 Å². The number of aromatic amines is 1. The molecule has 2 N–H and O–H groups in total. The number of rotatable bonds is 6. The van der Waals surface area contributed by atoms with Gasteiger partial charge in [-0.05, 0) is 13.3 Å². The lowest BCUT2D eigenvalue weighted by molar-refractivity contribution is 0.572. The zero-order chi connectivity index (χ0) is 11.3. The molecule has 0 fully saturated rings. The molecule has 0 spiro atoms. The first-order valence-corrected chi connectivity index (χ1v) is 6.56. The molecule has 0 aliphatic heterocycles. The van der Waals surface area contributed by atoms with Crippen LogP contribution in [0.2, 0.25) is 0 Å². The van der Waals surface area contributed by atoms with E-state index in [2.05, 4.69) is 21.6 Å². The molecule has 0 aliphatic rings. The van der Waals surface area contributed by atoms with Crippen molar-refractivity contribution in [3.63, 3.8) is 0 Å². The molecule has 15 heavy (non-hydrogen) atoms. The van der Waals surface area contributed by atoms with Gasteiger partial charge in [0.2, 0.25) is 0 Å². The van der Waals surface area contributed by atoms with Crippen molar-refractivity contribution in [1.82, 2.24) is 14.7 Å². The average Bonchev–Trinajstić information content (AvgIpc) is 2.60. The molecule has 6 heteroatoms. The van der Waals surface area contributed by atoms with Crippen LogP contribution in [0.15, 0.2) is 11.2 Å². The summed E-state index contributed by atoms with van der Waals surface area (Å²) in [5.74, 6) is 0.601. The summed E-state index contributed by atoms with van der Waals surface area (Å²) in [6.45, 7) is 4.27. The van der Waals surface area contributed by atoms with Gasteiger partial charge in [-0.3, -0.25) is 0 Å². The van der Waals surface area contributed by atoms with E-state index in [1.54, 1.807) is 6.92 Å². The van der Waals surface area contributed by atoms with Gasteiger partial charge < -0.3 is 4.98 Å². The van der Waals surface area contributed by atoms with E-state index in [0.717, 1.165) is 19.3 Å². The highest BCUT2D eigenvalue weighted by Gasteiger charge is 2.14. The number of sulfonamides is 1. The minimum absolute atomic E-state index is 0.136. The highest BCUT2D eigenvalue weighted by Crippen LogP contribution is 2.04. The third-order valence-electron chi connectivity index (χ3n) is 2.04. The maximum atomic E-state index is 11.6. The Kier molecular flexibility index (Phi) is 4.28. The monoisotopic (exact) mass is 231 g/mol. The number of aryl methyl sites for hydroxylation is 1. The second-order valence-corrected chi connectivity index (χ2v) is 5.17. The zero-order valence-corrected chi connectivity index (χ0v) is 9.89. The summed E-state index contributed by atoms with van der Waals surface area (Å²) in [5.41, 5.74) is 0. The van der Waals surface area contributed by atoms with Gasteiger partial charge in [0.15, 0.2) is 5.03 Å². The fourth-order valence-electron chi connectivity index (χ4n) is 1.19. The predicted octanol–water partition coefficient (Wildman–Crippen LogP) is 1.19. The summed E-state index contributed by atoms with van der Waals surface area (Å²) in [6, 6.07) is 0. The molecule has 5 nitrogen and oxygen atoms in total. The van der Waals surface area contributed by atoms with Crippen LogP contribution in [-0.4, -0.2) is 24.9 Å². The van der Waals surface area contributed by atoms with Crippen molar-refractivity contribution < 1.29 is 8.42 Å². The third kappa shape index (κ3) is 3.64. The van der Waals surface area contributed by atoms with Gasteiger partial charge in [0.05, 0.1) is 6.20 Å². The minimum Gasteiger partial charge on any atom is -0.332 e. The van der Waals surface area contributed by atoms with Gasteiger partial charge in [-0.15, -0.1) is 0 Å². The van der Waals surface area contributed by atoms with E-state index >= 15 is 0 Å². The zero-order valence-electron chi connectivity index (χ0n) is 9.08. The Balaban J connectivity index is 2.53. The van der Waals surface area contributed by atoms with E-state index in [4.69, 9.17) is 0 Å². The summed E-state index contributed by atoms with van der Waals surface area (Å²) in [7, 11) is -3.39. The lowest BCUT2D eigenvalue weighted by Gasteiger charge is -2.03. The third-order valence-corrected chi connectivity index (χ3v) is 3.41. The lowest BCUT2D eigenvalue weighted by Crippen LogP contribution is -2.25. The lowest BCUT2D eigenvalue weighted by atomic mass is 10.3. The highest BCUT2D eigenvalue weighted by atomic mass is 32.2. The number of nitrogens with one attached hydrogen (secondary N) is 2. The number of hydrogen-bond donors (Lipinski definition) is 2. The van der Waals surface area contributed by atoms with Crippen LogP contribution in [0.3, 0.4) is 0 Å². The SMILES string of the molecule is CCCCCNS(=O)(=O)c1cnc(C)[nH]1. The highest BCUT2D eigenvalue weighted by molar-refractivity contribution is 7.89. The van der Waals surface area contributed by atoms with Crippen LogP contribution < -0.4 is 4.72 Å². The Morgan fingerprint density at radius 1 is 1.47 bits per heavy atom. The number of imidazole rings is 1. The summed E-state index contributed by atoms with van der Waals surface area (Å²) in [4.78, 5) is 6.55. The van der Waals surface area contributed by atoms with Crippen LogP contribution in [0.4, 0.5) is 0 Å². The first-order valence-electron chi connectivity index (χ1n) is 5.07.